The maximum Gasteiger partial charge on any atom is 0.323 e. The molecule has 19 heavy (non-hydrogen) atoms. The Balaban J connectivity index is 4.23. The Morgan fingerprint density at radius 2 is 1.95 bits per heavy atom. The number of nitrogens with one attached hydrogen (secondary N) is 1. The largest absolute Gasteiger partial charge is 0.480 e. The van der Waals surface area contributed by atoms with Crippen LogP contribution in [0.5, 0.6) is 0 Å². The fourth-order valence-electron chi connectivity index (χ4n) is 2.17. The van der Waals surface area contributed by atoms with E-state index in [0.717, 1.165) is 19.3 Å². The molecule has 0 aliphatic carbocycles. The van der Waals surface area contributed by atoms with E-state index in [9.17, 15) is 9.90 Å². The second-order valence-corrected chi connectivity index (χ2v) is 5.81. The van der Waals surface area contributed by atoms with Gasteiger partial charge in [0.05, 0.1) is 6.10 Å². The smallest absolute Gasteiger partial charge is 0.323 e. The summed E-state index contributed by atoms with van der Waals surface area (Å²) >= 11 is 0. The third-order valence-corrected chi connectivity index (χ3v) is 3.38. The summed E-state index contributed by atoms with van der Waals surface area (Å²) in [6.07, 6.45) is 3.66. The standard InChI is InChI=1S/C15H31NO3/c1-6-8-12(3)11-19-13(4)10-15(5,14(17)18)16-9-7-2/h12-13,16H,6-11H2,1-5H3,(H,17,18). The summed E-state index contributed by atoms with van der Waals surface area (Å²) in [7, 11) is 0. The Kier molecular flexibility index (Phi) is 9.02. The van der Waals surface area contributed by atoms with Crippen LogP contribution in [-0.2, 0) is 9.53 Å². The summed E-state index contributed by atoms with van der Waals surface area (Å²) in [5.74, 6) is -0.273. The van der Waals surface area contributed by atoms with E-state index in [1.807, 2.05) is 13.8 Å². The molecule has 0 amide bonds. The fourth-order valence-corrected chi connectivity index (χ4v) is 2.17. The molecule has 0 spiro atoms. The van der Waals surface area contributed by atoms with E-state index in [1.54, 1.807) is 6.92 Å². The highest BCUT2D eigenvalue weighted by atomic mass is 16.5. The molecule has 0 saturated carbocycles. The third-order valence-electron chi connectivity index (χ3n) is 3.38. The molecular formula is C15H31NO3. The van der Waals surface area contributed by atoms with Gasteiger partial charge >= 0.3 is 5.97 Å². The summed E-state index contributed by atoms with van der Waals surface area (Å²) in [5, 5.41) is 12.5. The minimum absolute atomic E-state index is 0.0511. The van der Waals surface area contributed by atoms with E-state index in [-0.39, 0.29) is 6.10 Å². The summed E-state index contributed by atoms with van der Waals surface area (Å²) in [4.78, 5) is 11.4. The minimum Gasteiger partial charge on any atom is -0.480 e. The van der Waals surface area contributed by atoms with E-state index in [1.165, 1.54) is 0 Å². The number of rotatable bonds is 11. The van der Waals surface area contributed by atoms with Gasteiger partial charge in [-0.25, -0.2) is 0 Å². The zero-order valence-electron chi connectivity index (χ0n) is 13.2. The van der Waals surface area contributed by atoms with Gasteiger partial charge < -0.3 is 15.2 Å². The first-order valence-corrected chi connectivity index (χ1v) is 7.45. The molecule has 0 bridgehead atoms. The molecule has 0 heterocycles. The molecule has 4 heteroatoms. The molecule has 0 radical (unpaired) electrons. The highest BCUT2D eigenvalue weighted by Crippen LogP contribution is 2.16. The second kappa shape index (κ2) is 9.32. The predicted octanol–water partition coefficient (Wildman–Crippen LogP) is 3.06. The first-order chi connectivity index (χ1) is 8.85. The molecule has 0 saturated heterocycles. The molecule has 114 valence electrons. The van der Waals surface area contributed by atoms with Gasteiger partial charge in [-0.05, 0) is 39.2 Å². The molecule has 2 N–H and O–H groups in total. The SMILES string of the molecule is CCCNC(C)(CC(C)OCC(C)CCC)C(=O)O. The first kappa shape index (κ1) is 18.4. The lowest BCUT2D eigenvalue weighted by atomic mass is 9.94. The van der Waals surface area contributed by atoms with Gasteiger partial charge in [-0.15, -0.1) is 0 Å². The maximum atomic E-state index is 11.4. The van der Waals surface area contributed by atoms with E-state index < -0.39 is 11.5 Å². The minimum atomic E-state index is -0.899. The highest BCUT2D eigenvalue weighted by molar-refractivity contribution is 5.78. The van der Waals surface area contributed by atoms with Gasteiger partial charge in [0.1, 0.15) is 5.54 Å². The number of carboxylic acid groups (broad SMARTS) is 1. The van der Waals surface area contributed by atoms with Crippen LogP contribution in [-0.4, -0.2) is 35.9 Å². The van der Waals surface area contributed by atoms with Crippen molar-refractivity contribution in [3.63, 3.8) is 0 Å². The van der Waals surface area contributed by atoms with Crippen LogP contribution in [0.15, 0.2) is 0 Å². The number of hydrogen-bond acceptors (Lipinski definition) is 3. The topological polar surface area (TPSA) is 58.6 Å². The third kappa shape index (κ3) is 7.53. The number of ether oxygens (including phenoxy) is 1. The maximum absolute atomic E-state index is 11.4. The van der Waals surface area contributed by atoms with Gasteiger partial charge in [0.15, 0.2) is 0 Å². The van der Waals surface area contributed by atoms with E-state index >= 15 is 0 Å². The molecule has 3 unspecified atom stereocenters. The molecule has 3 atom stereocenters. The van der Waals surface area contributed by atoms with Crippen LogP contribution in [0.3, 0.4) is 0 Å². The predicted molar refractivity (Wildman–Crippen MR) is 78.4 cm³/mol. The summed E-state index contributed by atoms with van der Waals surface area (Å²) < 4.78 is 5.78. The average molecular weight is 273 g/mol. The molecule has 0 aliphatic heterocycles. The van der Waals surface area contributed by atoms with Crippen molar-refractivity contribution in [1.29, 1.82) is 0 Å². The molecule has 0 aliphatic rings. The van der Waals surface area contributed by atoms with Gasteiger partial charge in [-0.2, -0.15) is 0 Å². The van der Waals surface area contributed by atoms with E-state index in [0.29, 0.717) is 25.5 Å². The average Bonchev–Trinajstić information content (AvgIpc) is 2.34. The van der Waals surface area contributed by atoms with Crippen LogP contribution >= 0.6 is 0 Å². The van der Waals surface area contributed by atoms with Crippen molar-refractivity contribution in [2.24, 2.45) is 5.92 Å². The number of hydrogen-bond donors (Lipinski definition) is 2. The van der Waals surface area contributed by atoms with Crippen LogP contribution in [0.1, 0.15) is 60.3 Å². The van der Waals surface area contributed by atoms with Crippen LogP contribution in [0.2, 0.25) is 0 Å². The fraction of sp³-hybridized carbons (Fsp3) is 0.933. The Hall–Kier alpha value is -0.610. The number of carboxylic acids is 1. The Morgan fingerprint density at radius 1 is 1.32 bits per heavy atom. The van der Waals surface area contributed by atoms with Crippen molar-refractivity contribution in [1.82, 2.24) is 5.32 Å². The zero-order chi connectivity index (χ0) is 14.9. The van der Waals surface area contributed by atoms with Crippen LogP contribution < -0.4 is 5.32 Å². The lowest BCUT2D eigenvalue weighted by Crippen LogP contribution is -2.51. The van der Waals surface area contributed by atoms with Crippen molar-refractivity contribution in [2.75, 3.05) is 13.2 Å². The van der Waals surface area contributed by atoms with Gasteiger partial charge in [-0.3, -0.25) is 4.79 Å². The van der Waals surface area contributed by atoms with Gasteiger partial charge in [0.2, 0.25) is 0 Å². The highest BCUT2D eigenvalue weighted by Gasteiger charge is 2.34. The quantitative estimate of drug-likeness (QED) is 0.607. The molecular weight excluding hydrogens is 242 g/mol. The Bertz CT molecular complexity index is 258. The second-order valence-electron chi connectivity index (χ2n) is 5.81. The lowest BCUT2D eigenvalue weighted by molar-refractivity contribution is -0.146. The van der Waals surface area contributed by atoms with E-state index in [4.69, 9.17) is 4.74 Å². The van der Waals surface area contributed by atoms with Gasteiger partial charge in [-0.1, -0.05) is 27.2 Å². The van der Waals surface area contributed by atoms with Crippen molar-refractivity contribution in [2.45, 2.75) is 71.9 Å². The van der Waals surface area contributed by atoms with Crippen LogP contribution in [0.4, 0.5) is 0 Å². The molecule has 0 aromatic carbocycles. The molecule has 0 rings (SSSR count). The lowest BCUT2D eigenvalue weighted by Gasteiger charge is -2.29. The van der Waals surface area contributed by atoms with Crippen molar-refractivity contribution in [3.05, 3.63) is 0 Å². The molecule has 0 aromatic heterocycles. The molecule has 4 nitrogen and oxygen atoms in total. The Labute approximate surface area is 117 Å². The molecule has 0 aromatic rings. The van der Waals surface area contributed by atoms with Crippen LogP contribution in [0.25, 0.3) is 0 Å². The van der Waals surface area contributed by atoms with Gasteiger partial charge in [0.25, 0.3) is 0 Å². The number of carbonyl (C=O) groups is 1. The van der Waals surface area contributed by atoms with Gasteiger partial charge in [0, 0.05) is 13.0 Å². The summed E-state index contributed by atoms with van der Waals surface area (Å²) in [5.41, 5.74) is -0.899. The summed E-state index contributed by atoms with van der Waals surface area (Å²) in [6, 6.07) is 0. The summed E-state index contributed by atoms with van der Waals surface area (Å²) in [6.45, 7) is 11.5. The Morgan fingerprint density at radius 3 is 2.42 bits per heavy atom. The number of aliphatic carboxylic acids is 1. The van der Waals surface area contributed by atoms with Crippen molar-refractivity contribution >= 4 is 5.97 Å². The van der Waals surface area contributed by atoms with Crippen molar-refractivity contribution in [3.8, 4) is 0 Å². The monoisotopic (exact) mass is 273 g/mol. The molecule has 0 fully saturated rings. The van der Waals surface area contributed by atoms with E-state index in [2.05, 4.69) is 19.2 Å². The zero-order valence-corrected chi connectivity index (χ0v) is 13.2. The van der Waals surface area contributed by atoms with Crippen LogP contribution in [0, 0.1) is 5.92 Å². The normalized spacial score (nSPS) is 17.7. The van der Waals surface area contributed by atoms with Crippen molar-refractivity contribution < 1.29 is 14.6 Å². The first-order valence-electron chi connectivity index (χ1n) is 7.45.